The van der Waals surface area contributed by atoms with Crippen molar-refractivity contribution in [1.29, 1.82) is 0 Å². The van der Waals surface area contributed by atoms with Gasteiger partial charge in [0.05, 0.1) is 6.54 Å². The van der Waals surface area contributed by atoms with E-state index < -0.39 is 0 Å². The molecule has 0 saturated heterocycles. The number of amides is 1. The summed E-state index contributed by atoms with van der Waals surface area (Å²) < 4.78 is 0. The van der Waals surface area contributed by atoms with E-state index in [1.165, 1.54) is 38.5 Å². The predicted molar refractivity (Wildman–Crippen MR) is 76.8 cm³/mol. The third-order valence-electron chi connectivity index (χ3n) is 5.37. The van der Waals surface area contributed by atoms with Crippen LogP contribution in [0.3, 0.4) is 0 Å². The SMILES string of the molecule is CC(C)CNC(=O)CNC12CC3CC(CC(C3)C1)C2. The zero-order valence-electron chi connectivity index (χ0n) is 12.4. The van der Waals surface area contributed by atoms with Crippen LogP contribution in [0.4, 0.5) is 0 Å². The van der Waals surface area contributed by atoms with E-state index in [-0.39, 0.29) is 5.91 Å². The first-order chi connectivity index (χ1) is 9.05. The number of rotatable bonds is 5. The molecule has 108 valence electrons. The van der Waals surface area contributed by atoms with Crippen molar-refractivity contribution in [2.24, 2.45) is 23.7 Å². The fraction of sp³-hybridized carbons (Fsp3) is 0.938. The molecule has 1 amide bonds. The van der Waals surface area contributed by atoms with Crippen molar-refractivity contribution < 1.29 is 4.79 Å². The maximum Gasteiger partial charge on any atom is 0.233 e. The highest BCUT2D eigenvalue weighted by atomic mass is 16.1. The second-order valence-corrected chi connectivity index (χ2v) is 7.75. The lowest BCUT2D eigenvalue weighted by molar-refractivity contribution is -0.121. The Labute approximate surface area is 116 Å². The number of hydrogen-bond acceptors (Lipinski definition) is 2. The predicted octanol–water partition coefficient (Wildman–Crippen LogP) is 2.32. The molecule has 4 rings (SSSR count). The topological polar surface area (TPSA) is 41.1 Å². The quantitative estimate of drug-likeness (QED) is 0.800. The van der Waals surface area contributed by atoms with Gasteiger partial charge >= 0.3 is 0 Å². The van der Waals surface area contributed by atoms with Gasteiger partial charge in [0.25, 0.3) is 0 Å². The van der Waals surface area contributed by atoms with E-state index in [0.29, 0.717) is 18.0 Å². The maximum absolute atomic E-state index is 11.9. The standard InChI is InChI=1S/C16H28N2O/c1-11(2)9-17-15(19)10-18-16-6-12-3-13(7-16)5-14(4-12)8-16/h11-14,18H,3-10H2,1-2H3,(H,17,19). The van der Waals surface area contributed by atoms with Crippen molar-refractivity contribution in [3.63, 3.8) is 0 Å². The molecule has 3 heteroatoms. The van der Waals surface area contributed by atoms with Crippen molar-refractivity contribution in [2.45, 2.75) is 57.9 Å². The molecule has 3 nitrogen and oxygen atoms in total. The molecule has 0 aromatic heterocycles. The van der Waals surface area contributed by atoms with Gasteiger partial charge in [-0.1, -0.05) is 13.8 Å². The van der Waals surface area contributed by atoms with Gasteiger partial charge < -0.3 is 10.6 Å². The largest absolute Gasteiger partial charge is 0.355 e. The molecule has 4 aliphatic carbocycles. The van der Waals surface area contributed by atoms with Gasteiger partial charge in [-0.15, -0.1) is 0 Å². The molecule has 4 saturated carbocycles. The van der Waals surface area contributed by atoms with Gasteiger partial charge in [-0.05, 0) is 62.2 Å². The molecule has 4 aliphatic rings. The zero-order chi connectivity index (χ0) is 13.5. The highest BCUT2D eigenvalue weighted by molar-refractivity contribution is 5.78. The Morgan fingerprint density at radius 2 is 1.63 bits per heavy atom. The molecule has 0 spiro atoms. The number of nitrogens with one attached hydrogen (secondary N) is 2. The smallest absolute Gasteiger partial charge is 0.233 e. The van der Waals surface area contributed by atoms with Crippen molar-refractivity contribution in [1.82, 2.24) is 10.6 Å². The summed E-state index contributed by atoms with van der Waals surface area (Å²) in [4.78, 5) is 11.9. The van der Waals surface area contributed by atoms with Gasteiger partial charge in [0, 0.05) is 12.1 Å². The van der Waals surface area contributed by atoms with E-state index in [1.54, 1.807) is 0 Å². The van der Waals surface area contributed by atoms with Gasteiger partial charge in [0.1, 0.15) is 0 Å². The minimum Gasteiger partial charge on any atom is -0.355 e. The van der Waals surface area contributed by atoms with E-state index in [1.807, 2.05) is 0 Å². The third kappa shape index (κ3) is 2.96. The van der Waals surface area contributed by atoms with Crippen LogP contribution in [0, 0.1) is 23.7 Å². The molecule has 0 unspecified atom stereocenters. The lowest BCUT2D eigenvalue weighted by atomic mass is 9.53. The molecular weight excluding hydrogens is 236 g/mol. The molecule has 0 heterocycles. The molecule has 4 bridgehead atoms. The summed E-state index contributed by atoms with van der Waals surface area (Å²) in [5.74, 6) is 3.53. The van der Waals surface area contributed by atoms with Gasteiger partial charge in [-0.25, -0.2) is 0 Å². The van der Waals surface area contributed by atoms with E-state index >= 15 is 0 Å². The van der Waals surface area contributed by atoms with Crippen LogP contribution in [0.1, 0.15) is 52.4 Å². The fourth-order valence-corrected chi connectivity index (χ4v) is 4.98. The van der Waals surface area contributed by atoms with Crippen LogP contribution in [0.25, 0.3) is 0 Å². The normalized spacial score (nSPS) is 39.8. The van der Waals surface area contributed by atoms with Gasteiger partial charge in [0.2, 0.25) is 5.91 Å². The monoisotopic (exact) mass is 264 g/mol. The van der Waals surface area contributed by atoms with Gasteiger partial charge in [0.15, 0.2) is 0 Å². The Bertz CT molecular complexity index is 315. The Balaban J connectivity index is 1.51. The summed E-state index contributed by atoms with van der Waals surface area (Å²) in [6, 6.07) is 0. The summed E-state index contributed by atoms with van der Waals surface area (Å²) >= 11 is 0. The molecular formula is C16H28N2O. The van der Waals surface area contributed by atoms with E-state index in [2.05, 4.69) is 24.5 Å². The molecule has 0 aromatic carbocycles. The molecule has 0 radical (unpaired) electrons. The molecule has 2 N–H and O–H groups in total. The van der Waals surface area contributed by atoms with Crippen LogP contribution < -0.4 is 10.6 Å². The Morgan fingerprint density at radius 1 is 1.11 bits per heavy atom. The Morgan fingerprint density at radius 3 is 2.11 bits per heavy atom. The Hall–Kier alpha value is -0.570. The zero-order valence-corrected chi connectivity index (χ0v) is 12.4. The number of hydrogen-bond donors (Lipinski definition) is 2. The summed E-state index contributed by atoms with van der Waals surface area (Å²) in [6.07, 6.45) is 8.32. The van der Waals surface area contributed by atoms with Crippen LogP contribution in [-0.4, -0.2) is 24.5 Å². The van der Waals surface area contributed by atoms with Crippen LogP contribution >= 0.6 is 0 Å². The highest BCUT2D eigenvalue weighted by Gasteiger charge is 2.50. The van der Waals surface area contributed by atoms with E-state index in [9.17, 15) is 4.79 Å². The third-order valence-corrected chi connectivity index (χ3v) is 5.37. The van der Waals surface area contributed by atoms with Crippen LogP contribution in [0.15, 0.2) is 0 Å². The minimum absolute atomic E-state index is 0.171. The summed E-state index contributed by atoms with van der Waals surface area (Å²) in [5.41, 5.74) is 0.309. The number of carbonyl (C=O) groups excluding carboxylic acids is 1. The molecule has 19 heavy (non-hydrogen) atoms. The molecule has 0 aliphatic heterocycles. The van der Waals surface area contributed by atoms with Crippen molar-refractivity contribution >= 4 is 5.91 Å². The average Bonchev–Trinajstić information content (AvgIpc) is 2.32. The molecule has 4 fully saturated rings. The lowest BCUT2D eigenvalue weighted by Gasteiger charge is -2.57. The van der Waals surface area contributed by atoms with Crippen molar-refractivity contribution in [2.75, 3.05) is 13.1 Å². The van der Waals surface area contributed by atoms with E-state index in [4.69, 9.17) is 0 Å². The second kappa shape index (κ2) is 5.08. The lowest BCUT2D eigenvalue weighted by Crippen LogP contribution is -2.59. The first kappa shape index (κ1) is 13.4. The van der Waals surface area contributed by atoms with E-state index in [0.717, 1.165) is 24.3 Å². The first-order valence-electron chi connectivity index (χ1n) is 8.06. The van der Waals surface area contributed by atoms with Gasteiger partial charge in [-0.3, -0.25) is 4.79 Å². The fourth-order valence-electron chi connectivity index (χ4n) is 4.98. The summed E-state index contributed by atoms with van der Waals surface area (Å²) in [7, 11) is 0. The number of carbonyl (C=O) groups is 1. The first-order valence-corrected chi connectivity index (χ1v) is 8.06. The minimum atomic E-state index is 0.171. The van der Waals surface area contributed by atoms with Gasteiger partial charge in [-0.2, -0.15) is 0 Å². The van der Waals surface area contributed by atoms with Crippen LogP contribution in [-0.2, 0) is 4.79 Å². The highest BCUT2D eigenvalue weighted by Crippen LogP contribution is 2.55. The molecule has 0 aromatic rings. The van der Waals surface area contributed by atoms with Crippen LogP contribution in [0.5, 0.6) is 0 Å². The maximum atomic E-state index is 11.9. The average molecular weight is 264 g/mol. The second-order valence-electron chi connectivity index (χ2n) is 7.75. The van der Waals surface area contributed by atoms with Crippen LogP contribution in [0.2, 0.25) is 0 Å². The van der Waals surface area contributed by atoms with Crippen molar-refractivity contribution in [3.8, 4) is 0 Å². The summed E-state index contributed by atoms with van der Waals surface area (Å²) in [5, 5.41) is 6.65. The molecule has 0 atom stereocenters. The Kier molecular flexibility index (Phi) is 3.59. The van der Waals surface area contributed by atoms with Crippen molar-refractivity contribution in [3.05, 3.63) is 0 Å². The summed E-state index contributed by atoms with van der Waals surface area (Å²) in [6.45, 7) is 5.57.